The van der Waals surface area contributed by atoms with Crippen molar-refractivity contribution in [3.63, 3.8) is 0 Å². The molecule has 0 aliphatic heterocycles. The second-order valence-electron chi connectivity index (χ2n) is 7.53. The third-order valence-corrected chi connectivity index (χ3v) is 4.92. The van der Waals surface area contributed by atoms with E-state index in [2.05, 4.69) is 48.3 Å². The maximum atomic E-state index is 12.0. The van der Waals surface area contributed by atoms with Crippen LogP contribution in [0.3, 0.4) is 0 Å². The summed E-state index contributed by atoms with van der Waals surface area (Å²) in [5.41, 5.74) is 3.24. The second kappa shape index (κ2) is 13.9. The highest BCUT2D eigenvalue weighted by molar-refractivity contribution is 5.91. The van der Waals surface area contributed by atoms with Crippen LogP contribution in [0.1, 0.15) is 50.7 Å². The van der Waals surface area contributed by atoms with Crippen LogP contribution in [0.15, 0.2) is 54.6 Å². The smallest absolute Gasteiger partial charge is 0.250 e. The molecule has 158 valence electrons. The molecule has 0 aliphatic rings. The lowest BCUT2D eigenvalue weighted by Gasteiger charge is -2.22. The van der Waals surface area contributed by atoms with E-state index in [1.54, 1.807) is 0 Å². The van der Waals surface area contributed by atoms with Gasteiger partial charge in [-0.25, -0.2) is 0 Å². The first-order chi connectivity index (χ1) is 14.2. The number of nitrogens with one attached hydrogen (secondary N) is 1. The number of benzene rings is 2. The third kappa shape index (κ3) is 9.73. The van der Waals surface area contributed by atoms with Gasteiger partial charge in [-0.15, -0.1) is 0 Å². The van der Waals surface area contributed by atoms with E-state index in [1.165, 1.54) is 44.3 Å². The van der Waals surface area contributed by atoms with Crippen LogP contribution < -0.4 is 5.32 Å². The lowest BCUT2D eigenvalue weighted by molar-refractivity contribution is -0.121. The molecule has 2 aromatic carbocycles. The summed E-state index contributed by atoms with van der Waals surface area (Å²) in [4.78, 5) is 14.6. The Kier molecular flexibility index (Phi) is 11.1. The van der Waals surface area contributed by atoms with Crippen LogP contribution in [0.4, 0.5) is 5.69 Å². The predicted octanol–water partition coefficient (Wildman–Crippen LogP) is 5.29. The highest BCUT2D eigenvalue weighted by Crippen LogP contribution is 2.10. The summed E-state index contributed by atoms with van der Waals surface area (Å²) in [6.45, 7) is 8.49. The fourth-order valence-corrected chi connectivity index (χ4v) is 3.24. The van der Waals surface area contributed by atoms with Crippen molar-refractivity contribution in [1.82, 2.24) is 4.90 Å². The molecule has 0 radical (unpaired) electrons. The molecule has 0 aliphatic carbocycles. The lowest BCUT2D eigenvalue weighted by atomic mass is 10.1. The van der Waals surface area contributed by atoms with Gasteiger partial charge in [0.05, 0.1) is 6.61 Å². The predicted molar refractivity (Wildman–Crippen MR) is 121 cm³/mol. The molecule has 0 unspecified atom stereocenters. The average molecular weight is 397 g/mol. The van der Waals surface area contributed by atoms with Gasteiger partial charge in [0.25, 0.3) is 0 Å². The molecule has 1 N–H and O–H groups in total. The van der Waals surface area contributed by atoms with E-state index in [-0.39, 0.29) is 12.5 Å². The van der Waals surface area contributed by atoms with Gasteiger partial charge in [0.1, 0.15) is 6.61 Å². The topological polar surface area (TPSA) is 41.6 Å². The molecule has 0 bridgehead atoms. The zero-order valence-corrected chi connectivity index (χ0v) is 18.0. The van der Waals surface area contributed by atoms with Gasteiger partial charge in [0.15, 0.2) is 0 Å². The fraction of sp³-hybridized carbons (Fsp3) is 0.480. The highest BCUT2D eigenvalue weighted by atomic mass is 16.5. The molecule has 29 heavy (non-hydrogen) atoms. The van der Waals surface area contributed by atoms with Gasteiger partial charge in [0, 0.05) is 12.2 Å². The van der Waals surface area contributed by atoms with Crippen molar-refractivity contribution in [2.24, 2.45) is 0 Å². The molecule has 0 spiro atoms. The Morgan fingerprint density at radius 1 is 0.897 bits per heavy atom. The maximum absolute atomic E-state index is 12.0. The van der Waals surface area contributed by atoms with Gasteiger partial charge in [-0.1, -0.05) is 69.2 Å². The van der Waals surface area contributed by atoms with E-state index in [0.29, 0.717) is 6.61 Å². The molecule has 0 heterocycles. The van der Waals surface area contributed by atoms with Crippen LogP contribution in [-0.2, 0) is 22.6 Å². The SMILES string of the molecule is CCCCN(CCCC)CCc1cccc(COCC(=O)Nc2ccccc2)c1. The molecule has 2 aromatic rings. The highest BCUT2D eigenvalue weighted by Gasteiger charge is 2.06. The van der Waals surface area contributed by atoms with E-state index < -0.39 is 0 Å². The summed E-state index contributed by atoms with van der Waals surface area (Å²) in [5, 5.41) is 2.84. The number of nitrogens with zero attached hydrogens (tertiary/aromatic N) is 1. The summed E-state index contributed by atoms with van der Waals surface area (Å²) in [7, 11) is 0. The molecule has 0 atom stereocenters. The Balaban J connectivity index is 1.75. The van der Waals surface area contributed by atoms with Gasteiger partial charge in [0.2, 0.25) is 5.91 Å². The Hall–Kier alpha value is -2.17. The Labute approximate surface area is 176 Å². The number of carbonyl (C=O) groups excluding carboxylic acids is 1. The number of unbranched alkanes of at least 4 members (excludes halogenated alkanes) is 2. The number of ether oxygens (including phenoxy) is 1. The van der Waals surface area contributed by atoms with Crippen molar-refractivity contribution in [2.75, 3.05) is 31.6 Å². The largest absolute Gasteiger partial charge is 0.367 e. The molecule has 2 rings (SSSR count). The van der Waals surface area contributed by atoms with Gasteiger partial charge >= 0.3 is 0 Å². The minimum Gasteiger partial charge on any atom is -0.367 e. The Morgan fingerprint density at radius 2 is 1.59 bits per heavy atom. The van der Waals surface area contributed by atoms with Crippen LogP contribution in [0.2, 0.25) is 0 Å². The molecule has 4 heteroatoms. The summed E-state index contributed by atoms with van der Waals surface area (Å²) in [6.07, 6.45) is 6.07. The minimum absolute atomic E-state index is 0.0565. The zero-order chi connectivity index (χ0) is 20.7. The van der Waals surface area contributed by atoms with Crippen LogP contribution in [-0.4, -0.2) is 37.0 Å². The quantitative estimate of drug-likeness (QED) is 0.472. The van der Waals surface area contributed by atoms with E-state index >= 15 is 0 Å². The second-order valence-corrected chi connectivity index (χ2v) is 7.53. The van der Waals surface area contributed by atoms with Crippen LogP contribution in [0.5, 0.6) is 0 Å². The number of hydrogen-bond acceptors (Lipinski definition) is 3. The first kappa shape index (κ1) is 23.1. The summed E-state index contributed by atoms with van der Waals surface area (Å²) in [5.74, 6) is -0.130. The van der Waals surface area contributed by atoms with Crippen molar-refractivity contribution >= 4 is 11.6 Å². The van der Waals surface area contributed by atoms with Gasteiger partial charge in [-0.3, -0.25) is 4.79 Å². The normalized spacial score (nSPS) is 11.0. The number of rotatable bonds is 14. The van der Waals surface area contributed by atoms with Gasteiger partial charge < -0.3 is 15.0 Å². The van der Waals surface area contributed by atoms with Crippen LogP contribution in [0, 0.1) is 0 Å². The molecule has 0 aromatic heterocycles. The molecule has 4 nitrogen and oxygen atoms in total. The lowest BCUT2D eigenvalue weighted by Crippen LogP contribution is -2.28. The number of para-hydroxylation sites is 1. The monoisotopic (exact) mass is 396 g/mol. The summed E-state index contributed by atoms with van der Waals surface area (Å²) in [6, 6.07) is 18.0. The Bertz CT molecular complexity index is 695. The average Bonchev–Trinajstić information content (AvgIpc) is 2.74. The van der Waals surface area contributed by atoms with E-state index in [4.69, 9.17) is 4.74 Å². The third-order valence-electron chi connectivity index (χ3n) is 4.92. The van der Waals surface area contributed by atoms with Crippen molar-refractivity contribution in [2.45, 2.75) is 52.6 Å². The van der Waals surface area contributed by atoms with Crippen LogP contribution >= 0.6 is 0 Å². The van der Waals surface area contributed by atoms with E-state index in [0.717, 1.165) is 24.2 Å². The van der Waals surface area contributed by atoms with Crippen molar-refractivity contribution in [3.05, 3.63) is 65.7 Å². The number of amides is 1. The van der Waals surface area contributed by atoms with Crippen molar-refractivity contribution < 1.29 is 9.53 Å². The first-order valence-electron chi connectivity index (χ1n) is 10.9. The zero-order valence-electron chi connectivity index (χ0n) is 18.0. The van der Waals surface area contributed by atoms with Crippen molar-refractivity contribution in [1.29, 1.82) is 0 Å². The molecule has 0 fully saturated rings. The maximum Gasteiger partial charge on any atom is 0.250 e. The molecule has 0 saturated heterocycles. The fourth-order valence-electron chi connectivity index (χ4n) is 3.24. The van der Waals surface area contributed by atoms with E-state index in [9.17, 15) is 4.79 Å². The van der Waals surface area contributed by atoms with Crippen LogP contribution in [0.25, 0.3) is 0 Å². The minimum atomic E-state index is -0.130. The first-order valence-corrected chi connectivity index (χ1v) is 10.9. The molecule has 1 amide bonds. The molecular weight excluding hydrogens is 360 g/mol. The number of carbonyl (C=O) groups is 1. The molecular formula is C25H36N2O2. The summed E-state index contributed by atoms with van der Waals surface area (Å²) >= 11 is 0. The molecule has 0 saturated carbocycles. The standard InChI is InChI=1S/C25H36N2O2/c1-3-5-16-27(17-6-4-2)18-15-22-11-10-12-23(19-22)20-29-21-25(28)26-24-13-8-7-9-14-24/h7-14,19H,3-6,15-18,20-21H2,1-2H3,(H,26,28). The number of anilines is 1. The Morgan fingerprint density at radius 3 is 2.28 bits per heavy atom. The summed E-state index contributed by atoms with van der Waals surface area (Å²) < 4.78 is 5.62. The van der Waals surface area contributed by atoms with Gasteiger partial charge in [-0.2, -0.15) is 0 Å². The van der Waals surface area contributed by atoms with Gasteiger partial charge in [-0.05, 0) is 55.6 Å². The number of hydrogen-bond donors (Lipinski definition) is 1. The van der Waals surface area contributed by atoms with E-state index in [1.807, 2.05) is 30.3 Å². The van der Waals surface area contributed by atoms with Crippen molar-refractivity contribution in [3.8, 4) is 0 Å².